The van der Waals surface area contributed by atoms with Crippen LogP contribution in [0.25, 0.3) is 0 Å². The first-order valence-electron chi connectivity index (χ1n) is 9.07. The molecule has 0 amide bonds. The fraction of sp³-hybridized carbons (Fsp3) is 0.526. The third-order valence-electron chi connectivity index (χ3n) is 3.44. The minimum atomic E-state index is -0.483. The molecule has 0 saturated carbocycles. The highest BCUT2D eigenvalue weighted by atomic mass is 80.0. The van der Waals surface area contributed by atoms with Gasteiger partial charge in [-0.05, 0) is 32.8 Å². The molecule has 0 radical (unpaired) electrons. The summed E-state index contributed by atoms with van der Waals surface area (Å²) in [6, 6.07) is 3.26. The maximum absolute atomic E-state index is 6.29. The molecule has 176 valence electrons. The van der Waals surface area contributed by atoms with E-state index in [1.807, 2.05) is 13.8 Å². The van der Waals surface area contributed by atoms with Gasteiger partial charge in [0.25, 0.3) is 0 Å². The molecular formula is C19H22Br3Cl4NO4. The lowest BCUT2D eigenvalue weighted by molar-refractivity contribution is 0.132. The molecule has 0 spiro atoms. The van der Waals surface area contributed by atoms with E-state index in [-0.39, 0.29) is 17.2 Å². The number of alkyl halides is 3. The summed E-state index contributed by atoms with van der Waals surface area (Å²) in [5.74, 6) is 0.904. The summed E-state index contributed by atoms with van der Waals surface area (Å²) in [6.45, 7) is 5.24. The van der Waals surface area contributed by atoms with E-state index >= 15 is 0 Å². The van der Waals surface area contributed by atoms with Gasteiger partial charge in [-0.2, -0.15) is 0 Å². The van der Waals surface area contributed by atoms with Crippen LogP contribution in [-0.2, 0) is 9.57 Å². The van der Waals surface area contributed by atoms with Crippen LogP contribution in [0.2, 0.25) is 10.0 Å². The Morgan fingerprint density at radius 2 is 1.84 bits per heavy atom. The van der Waals surface area contributed by atoms with Crippen LogP contribution >= 0.6 is 94.2 Å². The molecule has 31 heavy (non-hydrogen) atoms. The van der Waals surface area contributed by atoms with Gasteiger partial charge < -0.3 is 19.0 Å². The molecule has 1 rings (SSSR count). The SMILES string of the molecule is CC(COCCCC(C)Oc1c(Cl)cc(OCC=C(Cl)Cl)cc1Cl)=NOCC(Br)(Br)Br. The van der Waals surface area contributed by atoms with E-state index in [0.717, 1.165) is 18.6 Å². The fourth-order valence-electron chi connectivity index (χ4n) is 2.13. The average Bonchev–Trinajstić information content (AvgIpc) is 2.63. The summed E-state index contributed by atoms with van der Waals surface area (Å²) < 4.78 is 16.6. The van der Waals surface area contributed by atoms with Crippen LogP contribution in [0, 0.1) is 0 Å². The van der Waals surface area contributed by atoms with Crippen molar-refractivity contribution in [3.8, 4) is 11.5 Å². The van der Waals surface area contributed by atoms with Crippen molar-refractivity contribution in [1.82, 2.24) is 0 Å². The molecule has 0 aromatic heterocycles. The van der Waals surface area contributed by atoms with Crippen molar-refractivity contribution in [3.05, 3.63) is 32.7 Å². The Balaban J connectivity index is 2.37. The minimum absolute atomic E-state index is 0.105. The number of benzene rings is 1. The molecule has 0 saturated heterocycles. The van der Waals surface area contributed by atoms with E-state index in [1.54, 1.807) is 12.1 Å². The number of hydrogen-bond donors (Lipinski definition) is 0. The van der Waals surface area contributed by atoms with Gasteiger partial charge in [0.2, 0.25) is 0 Å². The Bertz CT molecular complexity index is 733. The minimum Gasteiger partial charge on any atom is -0.489 e. The molecule has 12 heteroatoms. The van der Waals surface area contributed by atoms with Gasteiger partial charge in [0.15, 0.2) is 14.5 Å². The van der Waals surface area contributed by atoms with Crippen molar-refractivity contribution in [3.63, 3.8) is 0 Å². The van der Waals surface area contributed by atoms with E-state index in [0.29, 0.717) is 41.4 Å². The molecule has 0 heterocycles. The largest absolute Gasteiger partial charge is 0.489 e. The Labute approximate surface area is 228 Å². The number of nitrogens with zero attached hydrogens (tertiary/aromatic N) is 1. The zero-order valence-corrected chi connectivity index (χ0v) is 24.6. The zero-order valence-electron chi connectivity index (χ0n) is 16.8. The standard InChI is InChI=1S/C19H22Br3Cl4NO4/c1-12(27-30-11-19(20,21)22)10-28-6-3-4-13(2)31-18-15(23)8-14(9-16(18)24)29-7-5-17(25)26/h5,8-9,13H,3-4,6-7,10-11H2,1-2H3. The second kappa shape index (κ2) is 15.5. The van der Waals surface area contributed by atoms with Crippen LogP contribution in [0.3, 0.4) is 0 Å². The summed E-state index contributed by atoms with van der Waals surface area (Å²) in [7, 11) is 0. The first-order valence-corrected chi connectivity index (χ1v) is 13.0. The topological polar surface area (TPSA) is 49.3 Å². The number of hydrogen-bond acceptors (Lipinski definition) is 5. The van der Waals surface area contributed by atoms with Gasteiger partial charge in [0.05, 0.1) is 28.5 Å². The molecule has 1 unspecified atom stereocenters. The summed E-state index contributed by atoms with van der Waals surface area (Å²) in [5, 5.41) is 4.69. The molecule has 5 nitrogen and oxygen atoms in total. The molecule has 1 atom stereocenters. The number of ether oxygens (including phenoxy) is 3. The van der Waals surface area contributed by atoms with Crippen molar-refractivity contribution in [2.24, 2.45) is 5.16 Å². The van der Waals surface area contributed by atoms with Crippen LogP contribution in [0.4, 0.5) is 0 Å². The van der Waals surface area contributed by atoms with E-state index in [9.17, 15) is 0 Å². The third-order valence-corrected chi connectivity index (χ3v) is 4.99. The van der Waals surface area contributed by atoms with Crippen molar-refractivity contribution in [2.75, 3.05) is 26.4 Å². The van der Waals surface area contributed by atoms with Gasteiger partial charge in [-0.25, -0.2) is 0 Å². The van der Waals surface area contributed by atoms with E-state index in [2.05, 4.69) is 52.9 Å². The van der Waals surface area contributed by atoms with Crippen LogP contribution < -0.4 is 9.47 Å². The molecule has 0 N–H and O–H groups in total. The molecular weight excluding hydrogens is 688 g/mol. The van der Waals surface area contributed by atoms with Crippen molar-refractivity contribution in [1.29, 1.82) is 0 Å². The van der Waals surface area contributed by atoms with Gasteiger partial charge in [-0.1, -0.05) is 99.3 Å². The molecule has 1 aromatic rings. The highest BCUT2D eigenvalue weighted by molar-refractivity contribution is 9.39. The Kier molecular flexibility index (Phi) is 14.8. The maximum atomic E-state index is 6.29. The van der Waals surface area contributed by atoms with Crippen LogP contribution in [0.1, 0.15) is 26.7 Å². The first-order chi connectivity index (χ1) is 14.5. The smallest absolute Gasteiger partial charge is 0.171 e. The number of rotatable bonds is 13. The lowest BCUT2D eigenvalue weighted by Crippen LogP contribution is -2.14. The highest BCUT2D eigenvalue weighted by Gasteiger charge is 2.18. The maximum Gasteiger partial charge on any atom is 0.171 e. The Morgan fingerprint density at radius 1 is 1.19 bits per heavy atom. The first kappa shape index (κ1) is 29.6. The summed E-state index contributed by atoms with van der Waals surface area (Å²) in [4.78, 5) is 5.18. The predicted molar refractivity (Wildman–Crippen MR) is 140 cm³/mol. The monoisotopic (exact) mass is 705 g/mol. The van der Waals surface area contributed by atoms with Gasteiger partial charge in [-0.15, -0.1) is 0 Å². The zero-order chi connectivity index (χ0) is 23.4. The van der Waals surface area contributed by atoms with Gasteiger partial charge in [0.1, 0.15) is 16.8 Å². The third kappa shape index (κ3) is 14.5. The predicted octanol–water partition coefficient (Wildman–Crippen LogP) is 8.49. The molecule has 0 bridgehead atoms. The van der Waals surface area contributed by atoms with E-state index in [4.69, 9.17) is 65.5 Å². The molecule has 0 aliphatic rings. The van der Waals surface area contributed by atoms with Gasteiger partial charge in [-0.3, -0.25) is 0 Å². The molecule has 1 aromatic carbocycles. The van der Waals surface area contributed by atoms with E-state index < -0.39 is 2.14 Å². The van der Waals surface area contributed by atoms with E-state index in [1.165, 1.54) is 6.08 Å². The van der Waals surface area contributed by atoms with Crippen molar-refractivity contribution >= 4 is 99.9 Å². The average molecular weight is 710 g/mol. The summed E-state index contributed by atoms with van der Waals surface area (Å²) in [5.41, 5.74) is 0.741. The summed E-state index contributed by atoms with van der Waals surface area (Å²) in [6.07, 6.45) is 2.96. The molecule has 0 fully saturated rings. The molecule has 0 aliphatic carbocycles. The van der Waals surface area contributed by atoms with Crippen LogP contribution in [0.5, 0.6) is 11.5 Å². The second-order valence-corrected chi connectivity index (χ2v) is 15.4. The number of halogens is 7. The lowest BCUT2D eigenvalue weighted by atomic mass is 10.2. The van der Waals surface area contributed by atoms with Gasteiger partial charge >= 0.3 is 0 Å². The molecule has 0 aliphatic heterocycles. The number of oxime groups is 1. The fourth-order valence-corrected chi connectivity index (χ4v) is 3.12. The van der Waals surface area contributed by atoms with Crippen LogP contribution in [0.15, 0.2) is 27.9 Å². The van der Waals surface area contributed by atoms with Gasteiger partial charge in [0, 0.05) is 18.7 Å². The quantitative estimate of drug-likeness (QED) is 0.0893. The highest BCUT2D eigenvalue weighted by Crippen LogP contribution is 2.38. The lowest BCUT2D eigenvalue weighted by Gasteiger charge is -2.17. The second-order valence-electron chi connectivity index (χ2n) is 6.36. The Morgan fingerprint density at radius 3 is 2.42 bits per heavy atom. The van der Waals surface area contributed by atoms with Crippen molar-refractivity contribution in [2.45, 2.75) is 34.9 Å². The normalized spacial score (nSPS) is 13.0. The summed E-state index contributed by atoms with van der Waals surface area (Å²) >= 11 is 33.7. The van der Waals surface area contributed by atoms with Crippen LogP contribution in [-0.4, -0.2) is 40.4 Å². The Hall–Kier alpha value is 0.590. The van der Waals surface area contributed by atoms with Crippen molar-refractivity contribution < 1.29 is 19.0 Å².